The van der Waals surface area contributed by atoms with Crippen LogP contribution >= 0.6 is 11.3 Å². The standard InChI is InChI=1S/C20H15FN2O5S/c1-2-28-20(25)18-16(11-17(29-18)12-6-8-14(21)9-7-12)22-19(24)13-4-3-5-15(10-13)23(26)27/h3-11H,2H2,1H3,(H,22,24). The molecular formula is C20H15FN2O5S. The molecule has 0 atom stereocenters. The van der Waals surface area contributed by atoms with Crippen LogP contribution in [0.4, 0.5) is 15.8 Å². The number of thiophene rings is 1. The Morgan fingerprint density at radius 3 is 2.55 bits per heavy atom. The topological polar surface area (TPSA) is 98.5 Å². The SMILES string of the molecule is CCOC(=O)c1sc(-c2ccc(F)cc2)cc1NC(=O)c1cccc([N+](=O)[O-])c1. The lowest BCUT2D eigenvalue weighted by molar-refractivity contribution is -0.384. The normalized spacial score (nSPS) is 10.4. The van der Waals surface area contributed by atoms with Crippen molar-refractivity contribution in [2.45, 2.75) is 6.92 Å². The molecule has 1 aromatic heterocycles. The first kappa shape index (κ1) is 20.2. The van der Waals surface area contributed by atoms with Crippen LogP contribution in [0.25, 0.3) is 10.4 Å². The molecule has 1 amide bonds. The highest BCUT2D eigenvalue weighted by molar-refractivity contribution is 7.18. The van der Waals surface area contributed by atoms with Gasteiger partial charge < -0.3 is 10.1 Å². The van der Waals surface area contributed by atoms with Gasteiger partial charge in [-0.25, -0.2) is 9.18 Å². The summed E-state index contributed by atoms with van der Waals surface area (Å²) in [5.41, 5.74) is 0.728. The number of halogens is 1. The quantitative estimate of drug-likeness (QED) is 0.352. The van der Waals surface area contributed by atoms with E-state index in [0.717, 1.165) is 17.4 Å². The minimum atomic E-state index is -0.611. The van der Waals surface area contributed by atoms with E-state index in [0.29, 0.717) is 10.4 Å². The average Bonchev–Trinajstić information content (AvgIpc) is 3.12. The zero-order valence-electron chi connectivity index (χ0n) is 15.2. The average molecular weight is 414 g/mol. The third-order valence-corrected chi connectivity index (χ3v) is 5.05. The number of nitrogens with zero attached hydrogens (tertiary/aromatic N) is 1. The molecule has 0 aliphatic carbocycles. The van der Waals surface area contributed by atoms with Crippen molar-refractivity contribution in [1.82, 2.24) is 0 Å². The van der Waals surface area contributed by atoms with E-state index in [9.17, 15) is 24.1 Å². The molecule has 3 rings (SSSR count). The van der Waals surface area contributed by atoms with Crippen molar-refractivity contribution < 1.29 is 23.6 Å². The van der Waals surface area contributed by atoms with Crippen LogP contribution in [0.2, 0.25) is 0 Å². The zero-order chi connectivity index (χ0) is 21.0. The molecule has 9 heteroatoms. The van der Waals surface area contributed by atoms with E-state index in [4.69, 9.17) is 4.74 Å². The predicted molar refractivity (Wildman–Crippen MR) is 107 cm³/mol. The number of amides is 1. The Morgan fingerprint density at radius 2 is 1.90 bits per heavy atom. The Bertz CT molecular complexity index is 1080. The minimum Gasteiger partial charge on any atom is -0.462 e. The molecule has 29 heavy (non-hydrogen) atoms. The van der Waals surface area contributed by atoms with Crippen molar-refractivity contribution >= 4 is 34.6 Å². The monoisotopic (exact) mass is 414 g/mol. The van der Waals surface area contributed by atoms with Gasteiger partial charge >= 0.3 is 5.97 Å². The molecule has 0 spiro atoms. The third-order valence-electron chi connectivity index (χ3n) is 3.89. The summed E-state index contributed by atoms with van der Waals surface area (Å²) in [5, 5.41) is 13.5. The molecule has 1 heterocycles. The fourth-order valence-corrected chi connectivity index (χ4v) is 3.56. The second-order valence-corrected chi connectivity index (χ2v) is 6.89. The number of anilines is 1. The number of non-ortho nitro benzene ring substituents is 1. The van der Waals surface area contributed by atoms with Gasteiger partial charge in [-0.3, -0.25) is 14.9 Å². The molecule has 0 fully saturated rings. The largest absolute Gasteiger partial charge is 0.462 e. The van der Waals surface area contributed by atoms with Crippen molar-refractivity contribution in [3.8, 4) is 10.4 Å². The Hall–Kier alpha value is -3.59. The number of nitro groups is 1. The molecule has 0 saturated heterocycles. The number of rotatable bonds is 6. The van der Waals surface area contributed by atoms with Crippen LogP contribution in [-0.2, 0) is 4.74 Å². The Labute approximate surface area is 168 Å². The van der Waals surface area contributed by atoms with E-state index in [2.05, 4.69) is 5.32 Å². The predicted octanol–water partition coefficient (Wildman–Crippen LogP) is 4.89. The van der Waals surface area contributed by atoms with Gasteiger partial charge in [0, 0.05) is 22.6 Å². The molecule has 0 aliphatic heterocycles. The molecule has 0 radical (unpaired) electrons. The van der Waals surface area contributed by atoms with Crippen molar-refractivity contribution in [1.29, 1.82) is 0 Å². The van der Waals surface area contributed by atoms with E-state index in [-0.39, 0.29) is 28.4 Å². The number of ether oxygens (including phenoxy) is 1. The van der Waals surface area contributed by atoms with E-state index < -0.39 is 22.6 Å². The summed E-state index contributed by atoms with van der Waals surface area (Å²) in [6.07, 6.45) is 0. The number of nitrogens with one attached hydrogen (secondary N) is 1. The molecule has 148 valence electrons. The third kappa shape index (κ3) is 4.64. The van der Waals surface area contributed by atoms with Gasteiger partial charge in [-0.2, -0.15) is 0 Å². The molecule has 0 bridgehead atoms. The van der Waals surface area contributed by atoms with Gasteiger partial charge in [-0.05, 0) is 36.8 Å². The summed E-state index contributed by atoms with van der Waals surface area (Å²) in [4.78, 5) is 36.0. The molecule has 3 aromatic rings. The smallest absolute Gasteiger partial charge is 0.350 e. The van der Waals surface area contributed by atoms with Gasteiger partial charge in [0.2, 0.25) is 0 Å². The lowest BCUT2D eigenvalue weighted by atomic mass is 10.1. The van der Waals surface area contributed by atoms with Crippen LogP contribution < -0.4 is 5.32 Å². The van der Waals surface area contributed by atoms with Crippen LogP contribution in [0.1, 0.15) is 27.0 Å². The number of carbonyl (C=O) groups excluding carboxylic acids is 2. The lowest BCUT2D eigenvalue weighted by Gasteiger charge is -2.06. The van der Waals surface area contributed by atoms with E-state index in [1.165, 1.54) is 30.3 Å². The summed E-state index contributed by atoms with van der Waals surface area (Å²) in [6, 6.07) is 12.5. The summed E-state index contributed by atoms with van der Waals surface area (Å²) >= 11 is 1.09. The fraction of sp³-hybridized carbons (Fsp3) is 0.100. The fourth-order valence-electron chi connectivity index (χ4n) is 2.54. The van der Waals surface area contributed by atoms with Crippen LogP contribution in [0.3, 0.4) is 0 Å². The summed E-state index contributed by atoms with van der Waals surface area (Å²) < 4.78 is 18.2. The highest BCUT2D eigenvalue weighted by Gasteiger charge is 2.21. The van der Waals surface area contributed by atoms with Crippen LogP contribution in [-0.4, -0.2) is 23.4 Å². The molecule has 7 nitrogen and oxygen atoms in total. The molecule has 0 aliphatic rings. The molecule has 1 N–H and O–H groups in total. The minimum absolute atomic E-state index is 0.0727. The maximum atomic E-state index is 13.2. The number of esters is 1. The lowest BCUT2D eigenvalue weighted by Crippen LogP contribution is -2.14. The zero-order valence-corrected chi connectivity index (χ0v) is 16.0. The first-order valence-electron chi connectivity index (χ1n) is 8.51. The Kier molecular flexibility index (Phi) is 5.99. The molecule has 0 unspecified atom stereocenters. The number of hydrogen-bond donors (Lipinski definition) is 1. The Morgan fingerprint density at radius 1 is 1.17 bits per heavy atom. The summed E-state index contributed by atoms with van der Waals surface area (Å²) in [7, 11) is 0. The molecule has 2 aromatic carbocycles. The van der Waals surface area contributed by atoms with Crippen LogP contribution in [0.15, 0.2) is 54.6 Å². The maximum Gasteiger partial charge on any atom is 0.350 e. The Balaban J connectivity index is 1.95. The molecule has 0 saturated carbocycles. The van der Waals surface area contributed by atoms with E-state index in [1.807, 2.05) is 0 Å². The van der Waals surface area contributed by atoms with Gasteiger partial charge in [-0.1, -0.05) is 18.2 Å². The van der Waals surface area contributed by atoms with Gasteiger partial charge in [0.1, 0.15) is 10.7 Å². The number of hydrogen-bond acceptors (Lipinski definition) is 6. The van der Waals surface area contributed by atoms with Gasteiger partial charge in [0.15, 0.2) is 0 Å². The second-order valence-electron chi connectivity index (χ2n) is 5.84. The van der Waals surface area contributed by atoms with Crippen LogP contribution in [0, 0.1) is 15.9 Å². The highest BCUT2D eigenvalue weighted by atomic mass is 32.1. The first-order chi connectivity index (χ1) is 13.9. The van der Waals surface area contributed by atoms with Gasteiger partial charge in [-0.15, -0.1) is 11.3 Å². The van der Waals surface area contributed by atoms with Crippen molar-refractivity contribution in [3.63, 3.8) is 0 Å². The maximum absolute atomic E-state index is 13.2. The highest BCUT2D eigenvalue weighted by Crippen LogP contribution is 2.35. The second kappa shape index (κ2) is 8.61. The number of benzene rings is 2. The van der Waals surface area contributed by atoms with Crippen molar-refractivity contribution in [2.75, 3.05) is 11.9 Å². The number of carbonyl (C=O) groups is 2. The van der Waals surface area contributed by atoms with Gasteiger partial charge in [0.05, 0.1) is 17.2 Å². The first-order valence-corrected chi connectivity index (χ1v) is 9.33. The van der Waals surface area contributed by atoms with Gasteiger partial charge in [0.25, 0.3) is 11.6 Å². The van der Waals surface area contributed by atoms with Crippen molar-refractivity contribution in [3.05, 3.63) is 81.0 Å². The summed E-state index contributed by atoms with van der Waals surface area (Å²) in [6.45, 7) is 1.81. The van der Waals surface area contributed by atoms with Crippen molar-refractivity contribution in [2.24, 2.45) is 0 Å². The van der Waals surface area contributed by atoms with E-state index >= 15 is 0 Å². The van der Waals surface area contributed by atoms with E-state index in [1.54, 1.807) is 25.1 Å². The number of nitro benzene ring substituents is 1. The van der Waals surface area contributed by atoms with Crippen LogP contribution in [0.5, 0.6) is 0 Å². The summed E-state index contributed by atoms with van der Waals surface area (Å²) in [5.74, 6) is -1.61. The molecular weight excluding hydrogens is 399 g/mol.